The van der Waals surface area contributed by atoms with Crippen LogP contribution in [0.15, 0.2) is 24.3 Å². The lowest BCUT2D eigenvalue weighted by molar-refractivity contribution is -0.127. The third kappa shape index (κ3) is 5.49. The number of amides is 1. The van der Waals surface area contributed by atoms with Crippen molar-refractivity contribution < 1.29 is 4.79 Å². The second-order valence-electron chi connectivity index (χ2n) is 10.0. The van der Waals surface area contributed by atoms with Gasteiger partial charge in [-0.3, -0.25) is 14.3 Å². The molecule has 1 aromatic heterocycles. The molecule has 1 amide bonds. The SMILES string of the molecule is Cc1ccc(-n2c(N3CCCC3)nn(CN3CCC(C(=O)NC(C)C(C)C)CC3)c2=S)cc1. The quantitative estimate of drug-likeness (QED) is 0.617. The Morgan fingerprint density at radius 2 is 1.73 bits per heavy atom. The predicted molar refractivity (Wildman–Crippen MR) is 135 cm³/mol. The van der Waals surface area contributed by atoms with Gasteiger partial charge in [0, 0.05) is 38.1 Å². The van der Waals surface area contributed by atoms with Gasteiger partial charge in [-0.25, -0.2) is 4.68 Å². The lowest BCUT2D eigenvalue weighted by Crippen LogP contribution is -2.44. The molecule has 1 atom stereocenters. The molecule has 8 heteroatoms. The van der Waals surface area contributed by atoms with Crippen LogP contribution >= 0.6 is 12.2 Å². The van der Waals surface area contributed by atoms with Crippen LogP contribution in [0.1, 0.15) is 52.0 Å². The normalized spacial score (nSPS) is 18.8. The number of carbonyl (C=O) groups is 1. The Morgan fingerprint density at radius 1 is 1.09 bits per heavy atom. The third-order valence-corrected chi connectivity index (χ3v) is 7.56. The topological polar surface area (TPSA) is 58.3 Å². The number of hydrogen-bond donors (Lipinski definition) is 1. The average Bonchev–Trinajstić information content (AvgIpc) is 3.43. The van der Waals surface area contributed by atoms with Crippen LogP contribution in [0.5, 0.6) is 0 Å². The summed E-state index contributed by atoms with van der Waals surface area (Å²) in [6.07, 6.45) is 4.14. The highest BCUT2D eigenvalue weighted by Crippen LogP contribution is 2.25. The van der Waals surface area contributed by atoms with Crippen LogP contribution in [0.2, 0.25) is 0 Å². The van der Waals surface area contributed by atoms with Crippen LogP contribution in [0, 0.1) is 23.5 Å². The van der Waals surface area contributed by atoms with Gasteiger partial charge in [-0.1, -0.05) is 31.5 Å². The fraction of sp³-hybridized carbons (Fsp3) is 0.640. The summed E-state index contributed by atoms with van der Waals surface area (Å²) in [5, 5.41) is 8.16. The first-order valence-electron chi connectivity index (χ1n) is 12.4. The van der Waals surface area contributed by atoms with E-state index >= 15 is 0 Å². The number of aryl methyl sites for hydroxylation is 1. The Balaban J connectivity index is 1.47. The van der Waals surface area contributed by atoms with Gasteiger partial charge in [-0.2, -0.15) is 0 Å². The van der Waals surface area contributed by atoms with Crippen molar-refractivity contribution in [3.05, 3.63) is 34.6 Å². The monoisotopic (exact) mass is 470 g/mol. The standard InChI is InChI=1S/C25H38N6OS/c1-18(2)20(4)26-23(32)21-11-15-28(16-12-21)17-30-25(33)31(22-9-7-19(3)8-10-22)24(27-30)29-13-5-6-14-29/h7-10,18,20-21H,5-6,11-17H2,1-4H3,(H,26,32). The third-order valence-electron chi connectivity index (χ3n) is 7.17. The fourth-order valence-corrected chi connectivity index (χ4v) is 4.85. The van der Waals surface area contributed by atoms with Crippen molar-refractivity contribution >= 4 is 24.1 Å². The molecule has 1 aromatic carbocycles. The van der Waals surface area contributed by atoms with Gasteiger partial charge in [0.1, 0.15) is 0 Å². The minimum absolute atomic E-state index is 0.0979. The zero-order chi connectivity index (χ0) is 23.5. The molecule has 2 fully saturated rings. The summed E-state index contributed by atoms with van der Waals surface area (Å²) in [5.74, 6) is 1.69. The van der Waals surface area contributed by atoms with Gasteiger partial charge in [0.2, 0.25) is 16.6 Å². The number of benzene rings is 1. The van der Waals surface area contributed by atoms with Gasteiger partial charge in [-0.05, 0) is 69.8 Å². The molecule has 4 rings (SSSR count). The molecule has 3 heterocycles. The maximum Gasteiger partial charge on any atom is 0.230 e. The van der Waals surface area contributed by atoms with Crippen molar-refractivity contribution in [2.45, 2.75) is 66.1 Å². The van der Waals surface area contributed by atoms with Crippen LogP contribution in [0.3, 0.4) is 0 Å². The van der Waals surface area contributed by atoms with E-state index in [-0.39, 0.29) is 17.9 Å². The van der Waals surface area contributed by atoms with Crippen molar-refractivity contribution in [1.82, 2.24) is 24.6 Å². The molecule has 2 aliphatic rings. The Kier molecular flexibility index (Phi) is 7.54. The van der Waals surface area contributed by atoms with Crippen LogP contribution in [0.25, 0.3) is 5.69 Å². The van der Waals surface area contributed by atoms with E-state index in [0.29, 0.717) is 12.6 Å². The minimum atomic E-state index is 0.0979. The predicted octanol–water partition coefficient (Wildman–Crippen LogP) is 4.14. The van der Waals surface area contributed by atoms with Crippen LogP contribution in [0.4, 0.5) is 5.95 Å². The number of hydrogen-bond acceptors (Lipinski definition) is 5. The number of piperidine rings is 1. The molecular formula is C25H38N6OS. The first kappa shape index (κ1) is 24.0. The minimum Gasteiger partial charge on any atom is -0.353 e. The van der Waals surface area contributed by atoms with Crippen molar-refractivity contribution in [2.24, 2.45) is 11.8 Å². The smallest absolute Gasteiger partial charge is 0.230 e. The number of nitrogens with one attached hydrogen (secondary N) is 1. The van der Waals surface area contributed by atoms with E-state index in [0.717, 1.165) is 55.4 Å². The van der Waals surface area contributed by atoms with Crippen LogP contribution in [-0.4, -0.2) is 57.4 Å². The zero-order valence-corrected chi connectivity index (χ0v) is 21.3. The summed E-state index contributed by atoms with van der Waals surface area (Å²) >= 11 is 5.91. The van der Waals surface area contributed by atoms with Gasteiger partial charge >= 0.3 is 0 Å². The highest BCUT2D eigenvalue weighted by Gasteiger charge is 2.28. The number of likely N-dealkylation sites (tertiary alicyclic amines) is 1. The van der Waals surface area contributed by atoms with Crippen molar-refractivity contribution in [1.29, 1.82) is 0 Å². The first-order chi connectivity index (χ1) is 15.8. The van der Waals surface area contributed by atoms with Gasteiger partial charge < -0.3 is 10.2 Å². The molecule has 0 saturated carbocycles. The number of nitrogens with zero attached hydrogens (tertiary/aromatic N) is 5. The largest absolute Gasteiger partial charge is 0.353 e. The van der Waals surface area contributed by atoms with E-state index in [9.17, 15) is 4.79 Å². The molecule has 1 unspecified atom stereocenters. The maximum absolute atomic E-state index is 12.6. The lowest BCUT2D eigenvalue weighted by atomic mass is 9.95. The molecule has 0 aliphatic carbocycles. The Hall–Kier alpha value is -2.19. The molecule has 180 valence electrons. The van der Waals surface area contributed by atoms with E-state index in [1.54, 1.807) is 0 Å². The molecule has 2 aliphatic heterocycles. The van der Waals surface area contributed by atoms with Crippen molar-refractivity contribution in [2.75, 3.05) is 31.1 Å². The molecular weight excluding hydrogens is 432 g/mol. The summed E-state index contributed by atoms with van der Waals surface area (Å²) in [5.41, 5.74) is 2.29. The van der Waals surface area contributed by atoms with E-state index in [1.165, 1.54) is 18.4 Å². The molecule has 0 spiro atoms. The van der Waals surface area contributed by atoms with Crippen molar-refractivity contribution in [3.8, 4) is 5.69 Å². The summed E-state index contributed by atoms with van der Waals surface area (Å²) in [6.45, 7) is 12.9. The molecule has 0 bridgehead atoms. The number of rotatable bonds is 7. The van der Waals surface area contributed by atoms with Gasteiger partial charge in [-0.15, -0.1) is 5.10 Å². The maximum atomic E-state index is 12.6. The van der Waals surface area contributed by atoms with Crippen LogP contribution < -0.4 is 10.2 Å². The molecule has 2 saturated heterocycles. The Morgan fingerprint density at radius 3 is 2.33 bits per heavy atom. The molecule has 33 heavy (non-hydrogen) atoms. The van der Waals surface area contributed by atoms with Crippen LogP contribution in [-0.2, 0) is 11.5 Å². The molecule has 2 aromatic rings. The van der Waals surface area contributed by atoms with Gasteiger partial charge in [0.25, 0.3) is 0 Å². The Labute approximate surface area is 202 Å². The molecule has 7 nitrogen and oxygen atoms in total. The number of aromatic nitrogens is 3. The highest BCUT2D eigenvalue weighted by molar-refractivity contribution is 7.71. The fourth-order valence-electron chi connectivity index (χ4n) is 4.57. The lowest BCUT2D eigenvalue weighted by Gasteiger charge is -2.32. The van der Waals surface area contributed by atoms with E-state index in [1.807, 2.05) is 4.68 Å². The molecule has 1 N–H and O–H groups in total. The van der Waals surface area contributed by atoms with Crippen molar-refractivity contribution in [3.63, 3.8) is 0 Å². The second-order valence-corrected chi connectivity index (χ2v) is 10.4. The van der Waals surface area contributed by atoms with E-state index in [2.05, 4.69) is 71.6 Å². The Bertz CT molecular complexity index is 997. The summed E-state index contributed by atoms with van der Waals surface area (Å²) in [6, 6.07) is 8.71. The summed E-state index contributed by atoms with van der Waals surface area (Å²) in [7, 11) is 0. The van der Waals surface area contributed by atoms with Gasteiger partial charge in [0.15, 0.2) is 0 Å². The second kappa shape index (κ2) is 10.4. The zero-order valence-electron chi connectivity index (χ0n) is 20.5. The number of carbonyl (C=O) groups excluding carboxylic acids is 1. The van der Waals surface area contributed by atoms with E-state index in [4.69, 9.17) is 17.3 Å². The van der Waals surface area contributed by atoms with Gasteiger partial charge in [0.05, 0.1) is 12.4 Å². The average molecular weight is 471 g/mol. The number of anilines is 1. The highest BCUT2D eigenvalue weighted by atomic mass is 32.1. The first-order valence-corrected chi connectivity index (χ1v) is 12.8. The molecule has 0 radical (unpaired) electrons. The van der Waals surface area contributed by atoms with E-state index < -0.39 is 0 Å². The summed E-state index contributed by atoms with van der Waals surface area (Å²) < 4.78 is 4.81. The summed E-state index contributed by atoms with van der Waals surface area (Å²) in [4.78, 5) is 17.3.